The van der Waals surface area contributed by atoms with Gasteiger partial charge in [-0.3, -0.25) is 9.48 Å². The summed E-state index contributed by atoms with van der Waals surface area (Å²) in [6.07, 6.45) is 3.59. The molecule has 1 aromatic carbocycles. The lowest BCUT2D eigenvalue weighted by Crippen LogP contribution is -2.35. The Balaban J connectivity index is 1.81. The number of aromatic nitrogens is 3. The number of benzene rings is 1. The topological polar surface area (TPSA) is 61.1 Å². The number of amides is 1. The third kappa shape index (κ3) is 5.26. The van der Waals surface area contributed by atoms with Crippen LogP contribution in [0.2, 0.25) is 5.02 Å². The van der Waals surface area contributed by atoms with Crippen LogP contribution in [-0.4, -0.2) is 39.3 Å². The first-order chi connectivity index (χ1) is 18.1. The second-order valence-corrected chi connectivity index (χ2v) is 11.1. The van der Waals surface area contributed by atoms with Crippen molar-refractivity contribution in [1.82, 2.24) is 19.7 Å². The summed E-state index contributed by atoms with van der Waals surface area (Å²) < 4.78 is 10.2. The first-order valence-corrected chi connectivity index (χ1v) is 14.1. The van der Waals surface area contributed by atoms with Crippen molar-refractivity contribution < 1.29 is 9.53 Å². The molecule has 2 aromatic heterocycles. The number of rotatable bonds is 7. The van der Waals surface area contributed by atoms with Crippen molar-refractivity contribution >= 4 is 40.8 Å². The number of carbonyl (C=O) groups is 1. The normalized spacial score (nSPS) is 16.8. The highest BCUT2D eigenvalue weighted by molar-refractivity contribution is 6.32. The van der Waals surface area contributed by atoms with Crippen molar-refractivity contribution in [2.24, 2.45) is 13.0 Å². The molecule has 204 valence electrons. The number of aryl methyl sites for hydroxylation is 4. The molecule has 0 fully saturated rings. The van der Waals surface area contributed by atoms with Crippen LogP contribution in [0.5, 0.6) is 5.75 Å². The number of carbonyl (C=O) groups excluding carboxylic acids is 1. The van der Waals surface area contributed by atoms with E-state index in [4.69, 9.17) is 27.9 Å². The predicted molar refractivity (Wildman–Crippen MR) is 156 cm³/mol. The van der Waals surface area contributed by atoms with Gasteiger partial charge in [0.1, 0.15) is 11.4 Å². The Kier molecular flexibility index (Phi) is 8.63. The van der Waals surface area contributed by atoms with Crippen molar-refractivity contribution in [2.45, 2.75) is 60.9 Å². The second kappa shape index (κ2) is 11.6. The number of fused-ring (bicyclic) bond motifs is 1. The van der Waals surface area contributed by atoms with E-state index in [1.54, 1.807) is 0 Å². The second-order valence-electron chi connectivity index (χ2n) is 10.4. The smallest absolute Gasteiger partial charge is 0.268 e. The molecular formula is C30H38Cl2N4O2. The van der Waals surface area contributed by atoms with Crippen molar-refractivity contribution in [3.8, 4) is 5.75 Å². The molecule has 8 heteroatoms. The molecule has 0 saturated heterocycles. The number of nitrogens with one attached hydrogen (secondary N) is 1. The Hall–Kier alpha value is -2.70. The first-order valence-electron chi connectivity index (χ1n) is 13.2. The summed E-state index contributed by atoms with van der Waals surface area (Å²) in [5, 5.41) is 10.7. The lowest BCUT2D eigenvalue weighted by Gasteiger charge is -2.12. The summed E-state index contributed by atoms with van der Waals surface area (Å²) in [5.41, 5.74) is 7.86. The minimum absolute atomic E-state index is 0.0304. The molecule has 0 radical (unpaired) electrons. The molecule has 6 nitrogen and oxygen atoms in total. The Morgan fingerprint density at radius 1 is 1.24 bits per heavy atom. The van der Waals surface area contributed by atoms with Crippen molar-refractivity contribution in [3.05, 3.63) is 67.1 Å². The maximum absolute atomic E-state index is 13.5. The maximum Gasteiger partial charge on any atom is 0.268 e. The molecule has 1 N–H and O–H groups in total. The van der Waals surface area contributed by atoms with Crippen LogP contribution in [0.4, 0.5) is 0 Å². The van der Waals surface area contributed by atoms with Gasteiger partial charge in [0.05, 0.1) is 23.5 Å². The van der Waals surface area contributed by atoms with Crippen LogP contribution in [0.1, 0.15) is 64.4 Å². The molecule has 0 bridgehead atoms. The van der Waals surface area contributed by atoms with Gasteiger partial charge in [0.15, 0.2) is 0 Å². The fraction of sp³-hybridized carbons (Fsp3) is 0.467. The zero-order chi connectivity index (χ0) is 27.7. The van der Waals surface area contributed by atoms with Gasteiger partial charge < -0.3 is 14.6 Å². The SMILES string of the molecule is C/C=c1/c(CCCOc2cc(C)c(Cl)c(C)c2)c2n(/c1=C(/CCl)c1c(C)nn(C)c1C)CC(C)CNC2=O. The van der Waals surface area contributed by atoms with E-state index in [0.717, 1.165) is 79.2 Å². The Morgan fingerprint density at radius 2 is 1.92 bits per heavy atom. The summed E-state index contributed by atoms with van der Waals surface area (Å²) in [5.74, 6) is 1.40. The molecule has 1 aliphatic heterocycles. The highest BCUT2D eigenvalue weighted by Gasteiger charge is 2.27. The van der Waals surface area contributed by atoms with E-state index in [1.165, 1.54) is 0 Å². The number of alkyl halides is 1. The number of nitrogens with zero attached hydrogens (tertiary/aromatic N) is 3. The largest absolute Gasteiger partial charge is 0.494 e. The van der Waals surface area contributed by atoms with E-state index in [-0.39, 0.29) is 11.8 Å². The van der Waals surface area contributed by atoms with Gasteiger partial charge >= 0.3 is 0 Å². The van der Waals surface area contributed by atoms with Crippen LogP contribution >= 0.6 is 23.2 Å². The summed E-state index contributed by atoms with van der Waals surface area (Å²) in [7, 11) is 1.95. The van der Waals surface area contributed by atoms with E-state index in [0.29, 0.717) is 25.5 Å². The minimum atomic E-state index is -0.0304. The summed E-state index contributed by atoms with van der Waals surface area (Å²) in [6, 6.07) is 3.94. The predicted octanol–water partition coefficient (Wildman–Crippen LogP) is 4.74. The number of hydrogen-bond donors (Lipinski definition) is 1. The molecule has 0 aliphatic carbocycles. The van der Waals surface area contributed by atoms with Gasteiger partial charge in [-0.1, -0.05) is 24.6 Å². The Labute approximate surface area is 235 Å². The quantitative estimate of drug-likeness (QED) is 0.337. The maximum atomic E-state index is 13.5. The molecule has 0 saturated carbocycles. The van der Waals surface area contributed by atoms with Crippen LogP contribution in [0.3, 0.4) is 0 Å². The van der Waals surface area contributed by atoms with Gasteiger partial charge in [0, 0.05) is 42.0 Å². The number of ether oxygens (including phenoxy) is 1. The molecule has 38 heavy (non-hydrogen) atoms. The summed E-state index contributed by atoms with van der Waals surface area (Å²) >= 11 is 13.0. The molecule has 0 spiro atoms. The molecule has 1 aliphatic rings. The lowest BCUT2D eigenvalue weighted by molar-refractivity contribution is 0.0947. The monoisotopic (exact) mass is 556 g/mol. The van der Waals surface area contributed by atoms with Crippen LogP contribution in [0, 0.1) is 33.6 Å². The fourth-order valence-corrected chi connectivity index (χ4v) is 6.01. The molecule has 4 rings (SSSR count). The van der Waals surface area contributed by atoms with Crippen molar-refractivity contribution in [1.29, 1.82) is 0 Å². The molecule has 1 amide bonds. The number of halogens is 2. The fourth-order valence-electron chi connectivity index (χ4n) is 5.64. The van der Waals surface area contributed by atoms with Crippen molar-refractivity contribution in [2.75, 3.05) is 19.0 Å². The third-order valence-corrected chi connectivity index (χ3v) is 8.36. The van der Waals surface area contributed by atoms with E-state index in [1.807, 2.05) is 51.6 Å². The Bertz CT molecular complexity index is 1480. The van der Waals surface area contributed by atoms with E-state index in [2.05, 4.69) is 34.9 Å². The van der Waals surface area contributed by atoms with Crippen LogP contribution < -0.4 is 20.6 Å². The zero-order valence-electron chi connectivity index (χ0n) is 23.5. The average molecular weight is 558 g/mol. The first kappa shape index (κ1) is 28.3. The molecule has 3 aromatic rings. The van der Waals surface area contributed by atoms with Crippen LogP contribution in [0.15, 0.2) is 12.1 Å². The molecule has 1 unspecified atom stereocenters. The molecule has 3 heterocycles. The summed E-state index contributed by atoms with van der Waals surface area (Å²) in [4.78, 5) is 13.5. The highest BCUT2D eigenvalue weighted by Crippen LogP contribution is 2.26. The third-order valence-electron chi connectivity index (χ3n) is 7.50. The van der Waals surface area contributed by atoms with Gasteiger partial charge in [-0.25, -0.2) is 0 Å². The van der Waals surface area contributed by atoms with E-state index < -0.39 is 0 Å². The summed E-state index contributed by atoms with van der Waals surface area (Å²) in [6.45, 7) is 14.2. The van der Waals surface area contributed by atoms with Crippen molar-refractivity contribution in [3.63, 3.8) is 0 Å². The van der Waals surface area contributed by atoms with Gasteiger partial charge in [0.2, 0.25) is 0 Å². The van der Waals surface area contributed by atoms with E-state index in [9.17, 15) is 4.79 Å². The standard InChI is InChI=1S/C30H38Cl2N4O2/c1-8-23-24(10-9-11-38-22-12-18(3)27(32)19(4)13-22)29-30(37)33-15-17(2)16-36(29)28(23)25(14-31)26-20(5)34-35(7)21(26)6/h8,12-13,17H,9-11,14-16H2,1-7H3,(H,33,37)/b23-8-,28-25-. The highest BCUT2D eigenvalue weighted by atomic mass is 35.5. The average Bonchev–Trinajstić information content (AvgIpc) is 3.25. The van der Waals surface area contributed by atoms with Crippen LogP contribution in [-0.2, 0) is 20.0 Å². The minimum Gasteiger partial charge on any atom is -0.494 e. The van der Waals surface area contributed by atoms with Gasteiger partial charge in [0.25, 0.3) is 5.91 Å². The molecule has 1 atom stereocenters. The zero-order valence-corrected chi connectivity index (χ0v) is 25.0. The van der Waals surface area contributed by atoms with Gasteiger partial charge in [-0.2, -0.15) is 5.10 Å². The lowest BCUT2D eigenvalue weighted by atomic mass is 10.0. The Morgan fingerprint density at radius 3 is 2.50 bits per heavy atom. The van der Waals surface area contributed by atoms with Gasteiger partial charge in [-0.05, 0) is 87.4 Å². The van der Waals surface area contributed by atoms with Crippen LogP contribution in [0.25, 0.3) is 11.6 Å². The van der Waals surface area contributed by atoms with E-state index >= 15 is 0 Å². The van der Waals surface area contributed by atoms with Gasteiger partial charge in [-0.15, -0.1) is 11.6 Å². The molecular weight excluding hydrogens is 519 g/mol. The number of hydrogen-bond acceptors (Lipinski definition) is 3.